The van der Waals surface area contributed by atoms with E-state index in [9.17, 15) is 9.18 Å². The zero-order chi connectivity index (χ0) is 16.9. The number of halogens is 2. The Balaban J connectivity index is 1.56. The summed E-state index contributed by atoms with van der Waals surface area (Å²) in [6.07, 6.45) is 1.94. The molecule has 128 valence electrons. The van der Waals surface area contributed by atoms with Crippen LogP contribution >= 0.6 is 22.9 Å². The topological polar surface area (TPSA) is 45.7 Å². The molecular weight excluding hydrogens is 353 g/mol. The Morgan fingerprint density at radius 2 is 2.17 bits per heavy atom. The SMILES string of the molecule is O=CC(OCc1nccs1)N1CCN(c2ccc(F)cc2Cl)CC1. The molecule has 0 bridgehead atoms. The summed E-state index contributed by atoms with van der Waals surface area (Å²) in [6.45, 7) is 3.03. The number of carbonyl (C=O) groups excluding carboxylic acids is 1. The highest BCUT2D eigenvalue weighted by Gasteiger charge is 2.25. The summed E-state index contributed by atoms with van der Waals surface area (Å²) in [5.74, 6) is -0.348. The van der Waals surface area contributed by atoms with Gasteiger partial charge in [-0.15, -0.1) is 11.3 Å². The summed E-state index contributed by atoms with van der Waals surface area (Å²) in [5.41, 5.74) is 0.809. The molecule has 0 spiro atoms. The Labute approximate surface area is 148 Å². The van der Waals surface area contributed by atoms with E-state index in [0.717, 1.165) is 17.0 Å². The summed E-state index contributed by atoms with van der Waals surface area (Å²) < 4.78 is 18.8. The zero-order valence-corrected chi connectivity index (χ0v) is 14.5. The molecule has 0 N–H and O–H groups in total. The van der Waals surface area contributed by atoms with E-state index < -0.39 is 6.23 Å². The molecule has 2 heterocycles. The predicted octanol–water partition coefficient (Wildman–Crippen LogP) is 2.80. The van der Waals surface area contributed by atoms with E-state index in [1.54, 1.807) is 12.3 Å². The van der Waals surface area contributed by atoms with E-state index in [1.165, 1.54) is 23.5 Å². The standard InChI is InChI=1S/C16H17ClFN3O2S/c17-13-9-12(18)1-2-14(13)20-4-6-21(7-5-20)16(10-22)23-11-15-19-3-8-24-15/h1-3,8-10,16H,4-7,11H2. The van der Waals surface area contributed by atoms with Crippen molar-refractivity contribution >= 4 is 34.9 Å². The summed E-state index contributed by atoms with van der Waals surface area (Å²) in [5, 5.41) is 3.12. The number of nitrogens with zero attached hydrogens (tertiary/aromatic N) is 3. The lowest BCUT2D eigenvalue weighted by Gasteiger charge is -2.38. The number of piperazine rings is 1. The van der Waals surface area contributed by atoms with Crippen molar-refractivity contribution in [1.29, 1.82) is 0 Å². The Morgan fingerprint density at radius 1 is 1.38 bits per heavy atom. The molecule has 1 aromatic heterocycles. The molecule has 1 atom stereocenters. The van der Waals surface area contributed by atoms with Crippen molar-refractivity contribution in [2.75, 3.05) is 31.1 Å². The Hall–Kier alpha value is -1.54. The van der Waals surface area contributed by atoms with Gasteiger partial charge >= 0.3 is 0 Å². The number of aromatic nitrogens is 1. The lowest BCUT2D eigenvalue weighted by Crippen LogP contribution is -2.51. The number of anilines is 1. The smallest absolute Gasteiger partial charge is 0.167 e. The van der Waals surface area contributed by atoms with Gasteiger partial charge in [-0.2, -0.15) is 0 Å². The second-order valence-corrected chi connectivity index (χ2v) is 6.77. The van der Waals surface area contributed by atoms with Crippen molar-refractivity contribution in [1.82, 2.24) is 9.88 Å². The van der Waals surface area contributed by atoms with Crippen molar-refractivity contribution in [3.63, 3.8) is 0 Å². The van der Waals surface area contributed by atoms with Crippen LogP contribution in [0.4, 0.5) is 10.1 Å². The second kappa shape index (κ2) is 8.02. The molecule has 2 aromatic rings. The van der Waals surface area contributed by atoms with Crippen LogP contribution in [0.25, 0.3) is 0 Å². The summed E-state index contributed by atoms with van der Waals surface area (Å²) in [4.78, 5) is 19.6. The van der Waals surface area contributed by atoms with Crippen molar-refractivity contribution in [2.24, 2.45) is 0 Å². The Morgan fingerprint density at radius 3 is 2.79 bits per heavy atom. The molecule has 0 saturated carbocycles. The number of hydrogen-bond donors (Lipinski definition) is 0. The fraction of sp³-hybridized carbons (Fsp3) is 0.375. The molecule has 1 saturated heterocycles. The number of ether oxygens (including phenoxy) is 1. The minimum atomic E-state index is -0.584. The van der Waals surface area contributed by atoms with Crippen molar-refractivity contribution in [2.45, 2.75) is 12.8 Å². The number of thiazole rings is 1. The maximum Gasteiger partial charge on any atom is 0.167 e. The first kappa shape index (κ1) is 17.3. The summed E-state index contributed by atoms with van der Waals surface area (Å²) in [7, 11) is 0. The quantitative estimate of drug-likeness (QED) is 0.733. The minimum Gasteiger partial charge on any atom is -0.368 e. The van der Waals surface area contributed by atoms with Crippen LogP contribution in [0.1, 0.15) is 5.01 Å². The van der Waals surface area contributed by atoms with Gasteiger partial charge in [-0.1, -0.05) is 11.6 Å². The van der Waals surface area contributed by atoms with Crippen molar-refractivity contribution in [3.8, 4) is 0 Å². The van der Waals surface area contributed by atoms with Crippen LogP contribution in [0.2, 0.25) is 5.02 Å². The van der Waals surface area contributed by atoms with E-state index in [4.69, 9.17) is 16.3 Å². The van der Waals surface area contributed by atoms with Gasteiger partial charge in [0.2, 0.25) is 0 Å². The van der Waals surface area contributed by atoms with Gasteiger partial charge in [-0.3, -0.25) is 9.69 Å². The van der Waals surface area contributed by atoms with E-state index in [0.29, 0.717) is 37.8 Å². The molecule has 0 radical (unpaired) electrons. The van der Waals surface area contributed by atoms with Gasteiger partial charge in [0, 0.05) is 37.8 Å². The van der Waals surface area contributed by atoms with E-state index in [-0.39, 0.29) is 5.82 Å². The van der Waals surface area contributed by atoms with Crippen LogP contribution in [0.3, 0.4) is 0 Å². The highest BCUT2D eigenvalue weighted by molar-refractivity contribution is 7.09. The number of carbonyl (C=O) groups is 1. The molecule has 0 aliphatic carbocycles. The van der Waals surface area contributed by atoms with Gasteiger partial charge in [0.15, 0.2) is 12.5 Å². The predicted molar refractivity (Wildman–Crippen MR) is 92.0 cm³/mol. The number of hydrogen-bond acceptors (Lipinski definition) is 6. The summed E-state index contributed by atoms with van der Waals surface area (Å²) in [6, 6.07) is 4.40. The molecular formula is C16H17ClFN3O2S. The maximum absolute atomic E-state index is 13.2. The van der Waals surface area contributed by atoms with Crippen LogP contribution in [0.15, 0.2) is 29.8 Å². The molecule has 0 amide bonds. The molecule has 1 aliphatic rings. The zero-order valence-electron chi connectivity index (χ0n) is 12.9. The molecule has 1 aliphatic heterocycles. The average molecular weight is 370 g/mol. The van der Waals surface area contributed by atoms with Gasteiger partial charge in [-0.25, -0.2) is 9.37 Å². The third kappa shape index (κ3) is 4.10. The van der Waals surface area contributed by atoms with Gasteiger partial charge < -0.3 is 9.64 Å². The highest BCUT2D eigenvalue weighted by atomic mass is 35.5. The van der Waals surface area contributed by atoms with E-state index >= 15 is 0 Å². The first-order valence-corrected chi connectivity index (χ1v) is 8.82. The van der Waals surface area contributed by atoms with Crippen LogP contribution in [-0.2, 0) is 16.1 Å². The van der Waals surface area contributed by atoms with Crippen LogP contribution in [0, 0.1) is 5.82 Å². The first-order valence-electron chi connectivity index (χ1n) is 7.56. The fourth-order valence-electron chi connectivity index (χ4n) is 2.67. The first-order chi connectivity index (χ1) is 11.7. The van der Waals surface area contributed by atoms with Crippen LogP contribution < -0.4 is 4.90 Å². The molecule has 24 heavy (non-hydrogen) atoms. The number of benzene rings is 1. The molecule has 1 unspecified atom stereocenters. The van der Waals surface area contributed by atoms with Gasteiger partial charge in [-0.05, 0) is 18.2 Å². The van der Waals surface area contributed by atoms with Gasteiger partial charge in [0.25, 0.3) is 0 Å². The van der Waals surface area contributed by atoms with E-state index in [2.05, 4.69) is 9.88 Å². The molecule has 5 nitrogen and oxygen atoms in total. The monoisotopic (exact) mass is 369 g/mol. The second-order valence-electron chi connectivity index (χ2n) is 5.38. The van der Waals surface area contributed by atoms with Crippen LogP contribution in [-0.4, -0.2) is 48.6 Å². The minimum absolute atomic E-state index is 0.324. The van der Waals surface area contributed by atoms with Gasteiger partial charge in [0.1, 0.15) is 17.4 Å². The molecule has 1 aromatic carbocycles. The molecule has 1 fully saturated rings. The van der Waals surface area contributed by atoms with Crippen LogP contribution in [0.5, 0.6) is 0 Å². The molecule has 3 rings (SSSR count). The highest BCUT2D eigenvalue weighted by Crippen LogP contribution is 2.27. The Bertz CT molecular complexity index is 678. The van der Waals surface area contributed by atoms with E-state index in [1.807, 2.05) is 10.3 Å². The normalized spacial score (nSPS) is 17.0. The largest absolute Gasteiger partial charge is 0.368 e. The third-order valence-electron chi connectivity index (χ3n) is 3.90. The lowest BCUT2D eigenvalue weighted by molar-refractivity contribution is -0.133. The summed E-state index contributed by atoms with van der Waals surface area (Å²) >= 11 is 7.61. The molecule has 8 heteroatoms. The third-order valence-corrected chi connectivity index (χ3v) is 4.96. The number of rotatable bonds is 6. The Kier molecular flexibility index (Phi) is 5.78. The lowest BCUT2D eigenvalue weighted by atomic mass is 10.2. The number of aldehydes is 1. The van der Waals surface area contributed by atoms with Crippen molar-refractivity contribution in [3.05, 3.63) is 45.6 Å². The average Bonchev–Trinajstić information content (AvgIpc) is 3.10. The maximum atomic E-state index is 13.2. The van der Waals surface area contributed by atoms with Gasteiger partial charge in [0.05, 0.1) is 10.7 Å². The fourth-order valence-corrected chi connectivity index (χ4v) is 3.49. The van der Waals surface area contributed by atoms with Crippen molar-refractivity contribution < 1.29 is 13.9 Å².